The number of benzene rings is 1. The number of carbonyl (C=O) groups is 3. The van der Waals surface area contributed by atoms with Crippen molar-refractivity contribution in [3.05, 3.63) is 58.6 Å². The maximum absolute atomic E-state index is 13.8. The minimum absolute atomic E-state index is 0.119. The Labute approximate surface area is 180 Å². The maximum Gasteiger partial charge on any atom is 0.248 e. The third-order valence-corrected chi connectivity index (χ3v) is 5.53. The lowest BCUT2D eigenvalue weighted by atomic mass is 10.1. The fourth-order valence-electron chi connectivity index (χ4n) is 3.27. The summed E-state index contributed by atoms with van der Waals surface area (Å²) in [6.45, 7) is 4.38. The van der Waals surface area contributed by atoms with Gasteiger partial charge in [0, 0.05) is 42.0 Å². The van der Waals surface area contributed by atoms with Crippen LogP contribution in [-0.2, 0) is 20.9 Å². The van der Waals surface area contributed by atoms with Crippen LogP contribution < -0.4 is 5.32 Å². The summed E-state index contributed by atoms with van der Waals surface area (Å²) in [5, 5.41) is 12.4. The number of aliphatic hydroxyl groups excluding tert-OH is 1. The fraction of sp³-hybridized carbons (Fsp3) is 0.409. The van der Waals surface area contributed by atoms with Gasteiger partial charge in [0.05, 0.1) is 0 Å². The molecule has 0 radical (unpaired) electrons. The number of aldehydes is 2. The van der Waals surface area contributed by atoms with E-state index in [1.165, 1.54) is 24.1 Å². The van der Waals surface area contributed by atoms with E-state index in [1.54, 1.807) is 0 Å². The maximum atomic E-state index is 13.8. The van der Waals surface area contributed by atoms with Crippen LogP contribution in [0.3, 0.4) is 0 Å². The molecule has 1 aromatic rings. The van der Waals surface area contributed by atoms with E-state index in [0.717, 1.165) is 31.5 Å². The van der Waals surface area contributed by atoms with E-state index in [2.05, 4.69) is 10.2 Å². The van der Waals surface area contributed by atoms with Gasteiger partial charge < -0.3 is 15.3 Å². The first-order valence-electron chi connectivity index (χ1n) is 9.89. The van der Waals surface area contributed by atoms with Gasteiger partial charge in [0.25, 0.3) is 0 Å². The van der Waals surface area contributed by atoms with Gasteiger partial charge in [0.1, 0.15) is 17.3 Å². The summed E-state index contributed by atoms with van der Waals surface area (Å²) < 4.78 is 26.8. The molecule has 0 aliphatic heterocycles. The van der Waals surface area contributed by atoms with Crippen LogP contribution >= 0.6 is 0 Å². The molecule has 31 heavy (non-hydrogen) atoms. The second-order valence-electron chi connectivity index (χ2n) is 7.60. The number of nitrogens with one attached hydrogen (secondary N) is 1. The minimum Gasteiger partial charge on any atom is -0.503 e. The minimum atomic E-state index is -0.774. The lowest BCUT2D eigenvalue weighted by molar-refractivity contribution is -0.117. The lowest BCUT2D eigenvalue weighted by Crippen LogP contribution is -2.43. The predicted molar refractivity (Wildman–Crippen MR) is 111 cm³/mol. The molecule has 2 rings (SSSR count). The zero-order valence-corrected chi connectivity index (χ0v) is 17.8. The summed E-state index contributed by atoms with van der Waals surface area (Å²) in [6.07, 6.45) is 3.64. The first kappa shape index (κ1) is 24.2. The molecule has 0 unspecified atom stereocenters. The van der Waals surface area contributed by atoms with Crippen LogP contribution in [0.15, 0.2) is 41.4 Å². The Morgan fingerprint density at radius 2 is 1.94 bits per heavy atom. The van der Waals surface area contributed by atoms with Crippen molar-refractivity contribution in [2.45, 2.75) is 38.8 Å². The van der Waals surface area contributed by atoms with Crippen LogP contribution in [0.25, 0.3) is 0 Å². The van der Waals surface area contributed by atoms with E-state index in [9.17, 15) is 28.3 Å². The van der Waals surface area contributed by atoms with Crippen molar-refractivity contribution in [2.24, 2.45) is 0 Å². The van der Waals surface area contributed by atoms with Gasteiger partial charge in [-0.1, -0.05) is 13.0 Å². The fourth-order valence-corrected chi connectivity index (χ4v) is 3.27. The van der Waals surface area contributed by atoms with Crippen LogP contribution in [0, 0.1) is 11.6 Å². The second-order valence-corrected chi connectivity index (χ2v) is 7.60. The largest absolute Gasteiger partial charge is 0.503 e. The summed E-state index contributed by atoms with van der Waals surface area (Å²) in [6, 6.07) is 3.06. The monoisotopic (exact) mass is 435 g/mol. The molecule has 0 aromatic heterocycles. The Bertz CT molecular complexity index is 910. The standard InChI is InChI=1S/C22H27F2N3O4/c1-4-26(3)22(7-8-22)14-27(19(12-28)20(30)13-29)11-15(2)21(31)25-10-16-5-6-17(23)9-18(16)24/h5-6,9,11-13,30H,4,7-8,10,14H2,1-3H3,(H,25,31)/b15-11+,20-19+. The normalized spacial score (nSPS) is 15.9. The molecule has 9 heteroatoms. The van der Waals surface area contributed by atoms with Crippen LogP contribution in [0.4, 0.5) is 8.78 Å². The van der Waals surface area contributed by atoms with E-state index in [4.69, 9.17) is 0 Å². The predicted octanol–water partition coefficient (Wildman–Crippen LogP) is 2.44. The summed E-state index contributed by atoms with van der Waals surface area (Å²) in [5.41, 5.74) is -0.192. The molecular weight excluding hydrogens is 408 g/mol. The zero-order valence-electron chi connectivity index (χ0n) is 17.8. The van der Waals surface area contributed by atoms with Crippen molar-refractivity contribution in [3.63, 3.8) is 0 Å². The van der Waals surface area contributed by atoms with Gasteiger partial charge in [-0.05, 0) is 39.4 Å². The number of hydrogen-bond donors (Lipinski definition) is 2. The molecule has 1 fully saturated rings. The smallest absolute Gasteiger partial charge is 0.248 e. The molecule has 1 saturated carbocycles. The Hall–Kier alpha value is -3.07. The highest BCUT2D eigenvalue weighted by Crippen LogP contribution is 2.42. The molecule has 7 nitrogen and oxygen atoms in total. The van der Waals surface area contributed by atoms with E-state index in [-0.39, 0.29) is 35.2 Å². The van der Waals surface area contributed by atoms with Gasteiger partial charge in [-0.15, -0.1) is 0 Å². The summed E-state index contributed by atoms with van der Waals surface area (Å²) in [4.78, 5) is 38.6. The van der Waals surface area contributed by atoms with Crippen LogP contribution in [0.1, 0.15) is 32.3 Å². The zero-order chi connectivity index (χ0) is 23.2. The number of likely N-dealkylation sites (N-methyl/N-ethyl adjacent to an activating group) is 1. The van der Waals surface area contributed by atoms with Crippen molar-refractivity contribution in [3.8, 4) is 0 Å². The average molecular weight is 435 g/mol. The number of allylic oxidation sites excluding steroid dienone is 2. The first-order valence-corrected chi connectivity index (χ1v) is 9.89. The Morgan fingerprint density at radius 3 is 2.45 bits per heavy atom. The number of carbonyl (C=O) groups excluding carboxylic acids is 3. The van der Waals surface area contributed by atoms with Crippen LogP contribution in [0.2, 0.25) is 0 Å². The molecule has 168 valence electrons. The van der Waals surface area contributed by atoms with Gasteiger partial charge in [0.15, 0.2) is 18.3 Å². The number of rotatable bonds is 11. The van der Waals surface area contributed by atoms with Gasteiger partial charge in [-0.2, -0.15) is 0 Å². The third-order valence-electron chi connectivity index (χ3n) is 5.53. The first-order chi connectivity index (χ1) is 14.7. The molecule has 1 aromatic carbocycles. The van der Waals surface area contributed by atoms with Gasteiger partial charge in [0.2, 0.25) is 5.91 Å². The molecule has 1 aliphatic rings. The van der Waals surface area contributed by atoms with Gasteiger partial charge in [-0.25, -0.2) is 8.78 Å². The molecule has 2 N–H and O–H groups in total. The molecule has 0 spiro atoms. The Morgan fingerprint density at radius 1 is 1.26 bits per heavy atom. The molecule has 0 heterocycles. The second kappa shape index (κ2) is 10.3. The number of hydrogen-bond acceptors (Lipinski definition) is 6. The lowest BCUT2D eigenvalue weighted by Gasteiger charge is -2.32. The van der Waals surface area contributed by atoms with Crippen LogP contribution in [0.5, 0.6) is 0 Å². The topological polar surface area (TPSA) is 89.9 Å². The van der Waals surface area contributed by atoms with Gasteiger partial charge >= 0.3 is 0 Å². The van der Waals surface area contributed by atoms with Crippen LogP contribution in [-0.4, -0.2) is 59.1 Å². The third kappa shape index (κ3) is 5.97. The molecule has 1 aliphatic carbocycles. The highest BCUT2D eigenvalue weighted by molar-refractivity contribution is 5.93. The average Bonchev–Trinajstić information content (AvgIpc) is 3.53. The Kier molecular flexibility index (Phi) is 8.04. The summed E-state index contributed by atoms with van der Waals surface area (Å²) >= 11 is 0. The van der Waals surface area contributed by atoms with Crippen molar-refractivity contribution in [1.82, 2.24) is 15.1 Å². The van der Waals surface area contributed by atoms with Crippen molar-refractivity contribution >= 4 is 18.5 Å². The highest BCUT2D eigenvalue weighted by Gasteiger charge is 2.47. The van der Waals surface area contributed by atoms with Gasteiger partial charge in [-0.3, -0.25) is 19.3 Å². The van der Waals surface area contributed by atoms with Crippen molar-refractivity contribution < 1.29 is 28.3 Å². The number of aliphatic hydroxyl groups is 1. The molecular formula is C22H27F2N3O4. The van der Waals surface area contributed by atoms with E-state index < -0.39 is 23.3 Å². The number of amides is 1. The Balaban J connectivity index is 2.23. The molecule has 1 amide bonds. The van der Waals surface area contributed by atoms with Crippen molar-refractivity contribution in [1.29, 1.82) is 0 Å². The van der Waals surface area contributed by atoms with Crippen molar-refractivity contribution in [2.75, 3.05) is 20.1 Å². The summed E-state index contributed by atoms with van der Waals surface area (Å²) in [7, 11) is 1.94. The van der Waals surface area contributed by atoms with E-state index in [1.807, 2.05) is 14.0 Å². The number of halogens is 2. The molecule has 0 saturated heterocycles. The quantitative estimate of drug-likeness (QED) is 0.315. The number of nitrogens with zero attached hydrogens (tertiary/aromatic N) is 2. The SMILES string of the molecule is CCN(C)C1(CN(/C=C(\C)C(=O)NCc2ccc(F)cc2F)/C(C=O)=C(/O)C=O)CC1. The molecule has 0 bridgehead atoms. The summed E-state index contributed by atoms with van der Waals surface area (Å²) in [5.74, 6) is -2.77. The van der Waals surface area contributed by atoms with E-state index >= 15 is 0 Å². The molecule has 0 atom stereocenters. The van der Waals surface area contributed by atoms with E-state index in [0.29, 0.717) is 12.8 Å². The highest BCUT2D eigenvalue weighted by atomic mass is 19.1.